The van der Waals surface area contributed by atoms with Gasteiger partial charge in [0.25, 0.3) is 5.56 Å². The van der Waals surface area contributed by atoms with Crippen LogP contribution in [0.2, 0.25) is 0 Å². The quantitative estimate of drug-likeness (QED) is 0.582. The van der Waals surface area contributed by atoms with E-state index in [9.17, 15) is 10.1 Å². The normalized spacial score (nSPS) is 13.7. The third-order valence-electron chi connectivity index (χ3n) is 5.16. The predicted molar refractivity (Wildman–Crippen MR) is 119 cm³/mol. The van der Waals surface area contributed by atoms with Crippen LogP contribution in [0.25, 0.3) is 21.9 Å². The minimum absolute atomic E-state index is 0.170. The Morgan fingerprint density at radius 3 is 2.93 bits per heavy atom. The number of nitrogens with one attached hydrogen (secondary N) is 1. The van der Waals surface area contributed by atoms with Gasteiger partial charge in [-0.05, 0) is 61.4 Å². The van der Waals surface area contributed by atoms with Gasteiger partial charge >= 0.3 is 0 Å². The second kappa shape index (κ2) is 8.72. The van der Waals surface area contributed by atoms with Crippen molar-refractivity contribution in [1.29, 1.82) is 5.26 Å². The third kappa shape index (κ3) is 3.83. The molecule has 1 aromatic carbocycles. The van der Waals surface area contributed by atoms with Crippen LogP contribution in [0.4, 0.5) is 0 Å². The molecule has 154 valence electrons. The van der Waals surface area contributed by atoms with Gasteiger partial charge in [-0.2, -0.15) is 5.26 Å². The fraction of sp³-hybridized carbons (Fsp3) is 0.348. The smallest absolute Gasteiger partial charge is 0.260 e. The highest BCUT2D eigenvalue weighted by Gasteiger charge is 2.20. The number of methoxy groups -OCH3 is 1. The zero-order chi connectivity index (χ0) is 21.1. The standard InChI is InChI=1S/C23H23N3O3S/c1-3-10-29-17-9-8-14(12-18(17)28-2)11-15(13-24)21-25-22(27)20-16-6-4-5-7-19(16)30-23(20)26-21/h8-9,11-12H,3-7,10H2,1-2H3,(H,25,26,27)/b15-11+. The van der Waals surface area contributed by atoms with E-state index in [4.69, 9.17) is 9.47 Å². The molecule has 0 saturated heterocycles. The fourth-order valence-corrected chi connectivity index (χ4v) is 4.98. The van der Waals surface area contributed by atoms with Crippen LogP contribution in [0.1, 0.15) is 48.0 Å². The van der Waals surface area contributed by atoms with Crippen LogP contribution in [0.3, 0.4) is 0 Å². The number of allylic oxidation sites excluding steroid dienone is 1. The zero-order valence-electron chi connectivity index (χ0n) is 17.1. The summed E-state index contributed by atoms with van der Waals surface area (Å²) < 4.78 is 11.1. The lowest BCUT2D eigenvalue weighted by atomic mass is 9.97. The molecule has 0 spiro atoms. The first-order valence-corrected chi connectivity index (χ1v) is 10.9. The number of aromatic amines is 1. The molecule has 30 heavy (non-hydrogen) atoms. The van der Waals surface area contributed by atoms with Crippen LogP contribution in [0.5, 0.6) is 11.5 Å². The van der Waals surface area contributed by atoms with Crippen molar-refractivity contribution < 1.29 is 9.47 Å². The summed E-state index contributed by atoms with van der Waals surface area (Å²) in [4.78, 5) is 22.2. The van der Waals surface area contributed by atoms with E-state index < -0.39 is 0 Å². The van der Waals surface area contributed by atoms with Gasteiger partial charge in [0.05, 0.1) is 24.7 Å². The number of H-pyrrole nitrogens is 1. The first kappa shape index (κ1) is 20.2. The lowest BCUT2D eigenvalue weighted by Gasteiger charge is -2.10. The molecule has 0 bridgehead atoms. The summed E-state index contributed by atoms with van der Waals surface area (Å²) >= 11 is 1.57. The number of nitrogens with zero attached hydrogens (tertiary/aromatic N) is 2. The van der Waals surface area contributed by atoms with Crippen LogP contribution in [0.15, 0.2) is 23.0 Å². The molecule has 1 N–H and O–H groups in total. The molecule has 0 saturated carbocycles. The van der Waals surface area contributed by atoms with Gasteiger partial charge < -0.3 is 14.5 Å². The highest BCUT2D eigenvalue weighted by atomic mass is 32.1. The number of ether oxygens (including phenoxy) is 2. The Morgan fingerprint density at radius 1 is 1.33 bits per heavy atom. The minimum atomic E-state index is -0.170. The molecule has 0 atom stereocenters. The molecule has 1 aliphatic carbocycles. The van der Waals surface area contributed by atoms with Gasteiger partial charge in [0.1, 0.15) is 10.9 Å². The van der Waals surface area contributed by atoms with Crippen molar-refractivity contribution in [1.82, 2.24) is 9.97 Å². The SMILES string of the molecule is CCCOc1ccc(/C=C(\C#N)c2nc3sc4c(c3c(=O)[nH]2)CCCC4)cc1OC. The Hall–Kier alpha value is -3.11. The highest BCUT2D eigenvalue weighted by molar-refractivity contribution is 7.18. The average Bonchev–Trinajstić information content (AvgIpc) is 3.15. The van der Waals surface area contributed by atoms with E-state index >= 15 is 0 Å². The Balaban J connectivity index is 1.74. The summed E-state index contributed by atoms with van der Waals surface area (Å²) in [5.41, 5.74) is 2.03. The van der Waals surface area contributed by atoms with Crippen molar-refractivity contribution in [2.45, 2.75) is 39.0 Å². The lowest BCUT2D eigenvalue weighted by Crippen LogP contribution is -2.12. The van der Waals surface area contributed by atoms with Crippen LogP contribution in [-0.2, 0) is 12.8 Å². The second-order valence-electron chi connectivity index (χ2n) is 7.23. The maximum absolute atomic E-state index is 12.8. The topological polar surface area (TPSA) is 88.0 Å². The van der Waals surface area contributed by atoms with Gasteiger partial charge in [0.15, 0.2) is 17.3 Å². The summed E-state index contributed by atoms with van der Waals surface area (Å²) in [5.74, 6) is 1.54. The Kier molecular flexibility index (Phi) is 5.86. The maximum Gasteiger partial charge on any atom is 0.260 e. The Labute approximate surface area is 178 Å². The van der Waals surface area contributed by atoms with Gasteiger partial charge in [-0.25, -0.2) is 4.98 Å². The number of nitriles is 1. The summed E-state index contributed by atoms with van der Waals surface area (Å²) in [7, 11) is 1.58. The molecule has 6 nitrogen and oxygen atoms in total. The van der Waals surface area contributed by atoms with Gasteiger partial charge in [-0.15, -0.1) is 11.3 Å². The minimum Gasteiger partial charge on any atom is -0.493 e. The zero-order valence-corrected chi connectivity index (χ0v) is 17.9. The van der Waals surface area contributed by atoms with Crippen LogP contribution in [0, 0.1) is 11.3 Å². The lowest BCUT2D eigenvalue weighted by molar-refractivity contribution is 0.294. The number of aromatic nitrogens is 2. The van der Waals surface area contributed by atoms with Gasteiger partial charge in [0, 0.05) is 4.88 Å². The largest absolute Gasteiger partial charge is 0.493 e. The molecule has 3 aromatic rings. The Morgan fingerprint density at radius 2 is 2.17 bits per heavy atom. The molecule has 1 aliphatic rings. The molecule has 0 unspecified atom stereocenters. The Bertz CT molecular complexity index is 1220. The van der Waals surface area contributed by atoms with E-state index in [1.54, 1.807) is 24.5 Å². The fourth-order valence-electron chi connectivity index (χ4n) is 3.72. The van der Waals surface area contributed by atoms with Crippen LogP contribution >= 0.6 is 11.3 Å². The molecule has 4 rings (SSSR count). The number of fused-ring (bicyclic) bond motifs is 3. The summed E-state index contributed by atoms with van der Waals surface area (Å²) in [5, 5.41) is 10.4. The van der Waals surface area contributed by atoms with Gasteiger partial charge in [-0.1, -0.05) is 13.0 Å². The molecule has 0 radical (unpaired) electrons. The van der Waals surface area contributed by atoms with Crippen molar-refractivity contribution in [3.63, 3.8) is 0 Å². The summed E-state index contributed by atoms with van der Waals surface area (Å²) in [6, 6.07) is 7.65. The van der Waals surface area contributed by atoms with Gasteiger partial charge in [0.2, 0.25) is 0 Å². The van der Waals surface area contributed by atoms with Crippen molar-refractivity contribution in [2.24, 2.45) is 0 Å². The van der Waals surface area contributed by atoms with Crippen LogP contribution < -0.4 is 15.0 Å². The van der Waals surface area contributed by atoms with Crippen molar-refractivity contribution in [2.75, 3.05) is 13.7 Å². The molecule has 2 aromatic heterocycles. The molecule has 0 aliphatic heterocycles. The van der Waals surface area contributed by atoms with E-state index in [-0.39, 0.29) is 5.56 Å². The first-order valence-electron chi connectivity index (χ1n) is 10.1. The van der Waals surface area contributed by atoms with Crippen LogP contribution in [-0.4, -0.2) is 23.7 Å². The van der Waals surface area contributed by atoms with E-state index in [0.717, 1.165) is 43.2 Å². The van der Waals surface area contributed by atoms with Gasteiger partial charge in [-0.3, -0.25) is 4.79 Å². The third-order valence-corrected chi connectivity index (χ3v) is 6.35. The number of aryl methyl sites for hydroxylation is 2. The van der Waals surface area contributed by atoms with Crippen molar-refractivity contribution >= 4 is 33.2 Å². The molecular formula is C23H23N3O3S. The number of hydrogen-bond donors (Lipinski definition) is 1. The molecular weight excluding hydrogens is 398 g/mol. The summed E-state index contributed by atoms with van der Waals surface area (Å²) in [6.45, 7) is 2.64. The molecule has 7 heteroatoms. The molecule has 0 fully saturated rings. The monoisotopic (exact) mass is 421 g/mol. The molecule has 2 heterocycles. The predicted octanol–water partition coefficient (Wildman–Crippen LogP) is 4.72. The van der Waals surface area contributed by atoms with E-state index in [0.29, 0.717) is 39.7 Å². The van der Waals surface area contributed by atoms with Crippen molar-refractivity contribution in [3.05, 3.63) is 50.4 Å². The number of benzene rings is 1. The maximum atomic E-state index is 12.8. The number of hydrogen-bond acceptors (Lipinski definition) is 6. The first-order chi connectivity index (χ1) is 14.6. The summed E-state index contributed by atoms with van der Waals surface area (Å²) in [6.07, 6.45) is 6.77. The number of rotatable bonds is 6. The van der Waals surface area contributed by atoms with E-state index in [1.807, 2.05) is 25.1 Å². The molecule has 0 amide bonds. The number of thiophene rings is 1. The van der Waals surface area contributed by atoms with E-state index in [1.165, 1.54) is 4.88 Å². The van der Waals surface area contributed by atoms with E-state index in [2.05, 4.69) is 16.0 Å². The average molecular weight is 422 g/mol. The second-order valence-corrected chi connectivity index (χ2v) is 8.32. The van der Waals surface area contributed by atoms with Crippen molar-refractivity contribution in [3.8, 4) is 17.6 Å². The highest BCUT2D eigenvalue weighted by Crippen LogP contribution is 2.34.